The summed E-state index contributed by atoms with van der Waals surface area (Å²) in [6.07, 6.45) is 2.35. The van der Waals surface area contributed by atoms with Crippen LogP contribution in [0.5, 0.6) is 0 Å². The van der Waals surface area contributed by atoms with Gasteiger partial charge in [0.05, 0.1) is 17.7 Å². The van der Waals surface area contributed by atoms with Crippen LogP contribution < -0.4 is 10.6 Å². The SMILES string of the molecule is CCNC(=O)c1c(C)[nH]c(/C=C2\C(=O)Nc3ccc(CCOC(C)=O)cc32)c1C. The van der Waals surface area contributed by atoms with Crippen LogP contribution in [0, 0.1) is 13.8 Å². The molecule has 1 aromatic carbocycles. The predicted octanol–water partition coefficient (Wildman–Crippen LogP) is 2.98. The van der Waals surface area contributed by atoms with Gasteiger partial charge in [0.15, 0.2) is 0 Å². The van der Waals surface area contributed by atoms with Crippen LogP contribution in [0.3, 0.4) is 0 Å². The van der Waals surface area contributed by atoms with Crippen molar-refractivity contribution >= 4 is 35.1 Å². The molecule has 0 aliphatic carbocycles. The highest BCUT2D eigenvalue weighted by Gasteiger charge is 2.26. The Bertz CT molecular complexity index is 1020. The first-order valence-corrected chi connectivity index (χ1v) is 9.58. The van der Waals surface area contributed by atoms with E-state index in [4.69, 9.17) is 4.74 Å². The number of nitrogens with one attached hydrogen (secondary N) is 3. The second-order valence-corrected chi connectivity index (χ2v) is 7.01. The number of rotatable bonds is 6. The second kappa shape index (κ2) is 8.34. The van der Waals surface area contributed by atoms with E-state index in [1.165, 1.54) is 6.92 Å². The van der Waals surface area contributed by atoms with Gasteiger partial charge in [-0.25, -0.2) is 0 Å². The van der Waals surface area contributed by atoms with Crippen molar-refractivity contribution in [3.05, 3.63) is 51.8 Å². The number of anilines is 1. The van der Waals surface area contributed by atoms with E-state index >= 15 is 0 Å². The van der Waals surface area contributed by atoms with Crippen LogP contribution in [0.15, 0.2) is 18.2 Å². The van der Waals surface area contributed by atoms with Crippen LogP contribution >= 0.6 is 0 Å². The largest absolute Gasteiger partial charge is 0.466 e. The van der Waals surface area contributed by atoms with Gasteiger partial charge in [0.25, 0.3) is 11.8 Å². The summed E-state index contributed by atoms with van der Waals surface area (Å²) in [5.41, 5.74) is 5.92. The summed E-state index contributed by atoms with van der Waals surface area (Å²) in [6.45, 7) is 7.79. The first-order valence-electron chi connectivity index (χ1n) is 9.58. The van der Waals surface area contributed by atoms with Gasteiger partial charge in [0.1, 0.15) is 0 Å². The molecule has 2 amide bonds. The van der Waals surface area contributed by atoms with Crippen LogP contribution in [0.1, 0.15) is 52.3 Å². The van der Waals surface area contributed by atoms with Crippen LogP contribution in [0.2, 0.25) is 0 Å². The highest BCUT2D eigenvalue weighted by Crippen LogP contribution is 2.34. The Morgan fingerprint density at radius 1 is 1.24 bits per heavy atom. The zero-order valence-electron chi connectivity index (χ0n) is 17.1. The fourth-order valence-corrected chi connectivity index (χ4v) is 3.50. The van der Waals surface area contributed by atoms with Gasteiger partial charge in [0, 0.05) is 42.5 Å². The third kappa shape index (κ3) is 4.23. The highest BCUT2D eigenvalue weighted by molar-refractivity contribution is 6.35. The van der Waals surface area contributed by atoms with Crippen molar-refractivity contribution in [2.45, 2.75) is 34.1 Å². The predicted molar refractivity (Wildman–Crippen MR) is 112 cm³/mol. The van der Waals surface area contributed by atoms with Gasteiger partial charge in [-0.3, -0.25) is 14.4 Å². The monoisotopic (exact) mass is 395 g/mol. The fourth-order valence-electron chi connectivity index (χ4n) is 3.50. The third-order valence-corrected chi connectivity index (χ3v) is 4.89. The molecule has 7 nitrogen and oxygen atoms in total. The lowest BCUT2D eigenvalue weighted by molar-refractivity contribution is -0.140. The van der Waals surface area contributed by atoms with E-state index in [2.05, 4.69) is 15.6 Å². The van der Waals surface area contributed by atoms with Gasteiger partial charge in [-0.1, -0.05) is 6.07 Å². The Balaban J connectivity index is 1.94. The Hall–Kier alpha value is -3.35. The summed E-state index contributed by atoms with van der Waals surface area (Å²) in [6, 6.07) is 5.69. The van der Waals surface area contributed by atoms with Crippen LogP contribution in [0.4, 0.5) is 5.69 Å². The minimum Gasteiger partial charge on any atom is -0.466 e. The number of amides is 2. The molecule has 7 heteroatoms. The number of fused-ring (bicyclic) bond motifs is 1. The average molecular weight is 395 g/mol. The molecule has 0 fully saturated rings. The number of H-pyrrole nitrogens is 1. The lowest BCUT2D eigenvalue weighted by Crippen LogP contribution is -2.23. The number of aryl methyl sites for hydroxylation is 1. The zero-order chi connectivity index (χ0) is 21.1. The molecule has 0 spiro atoms. The summed E-state index contributed by atoms with van der Waals surface area (Å²) in [4.78, 5) is 39.0. The Labute approximate surface area is 169 Å². The molecule has 3 rings (SSSR count). The number of hydrogen-bond acceptors (Lipinski definition) is 4. The molecule has 1 aromatic heterocycles. The van der Waals surface area contributed by atoms with E-state index in [1.807, 2.05) is 39.0 Å². The number of carbonyl (C=O) groups is 3. The normalized spacial score (nSPS) is 13.9. The summed E-state index contributed by atoms with van der Waals surface area (Å²) < 4.78 is 5.00. The molecule has 2 heterocycles. The first kappa shape index (κ1) is 20.4. The number of aromatic amines is 1. The molecule has 0 saturated heterocycles. The maximum absolute atomic E-state index is 12.5. The lowest BCUT2D eigenvalue weighted by Gasteiger charge is -2.05. The Morgan fingerprint density at radius 3 is 2.69 bits per heavy atom. The van der Waals surface area contributed by atoms with Gasteiger partial charge < -0.3 is 20.4 Å². The molecule has 2 aromatic rings. The maximum Gasteiger partial charge on any atom is 0.302 e. The number of esters is 1. The highest BCUT2D eigenvalue weighted by atomic mass is 16.5. The van der Waals surface area contributed by atoms with Gasteiger partial charge in [-0.15, -0.1) is 0 Å². The minimum absolute atomic E-state index is 0.132. The number of benzene rings is 1. The quantitative estimate of drug-likeness (QED) is 0.517. The third-order valence-electron chi connectivity index (χ3n) is 4.89. The summed E-state index contributed by atoms with van der Waals surface area (Å²) in [7, 11) is 0. The van der Waals surface area contributed by atoms with Crippen LogP contribution in [-0.2, 0) is 20.7 Å². The van der Waals surface area contributed by atoms with Crippen molar-refractivity contribution in [1.29, 1.82) is 0 Å². The topological polar surface area (TPSA) is 100 Å². The zero-order valence-corrected chi connectivity index (χ0v) is 17.1. The molecule has 152 valence electrons. The molecule has 0 atom stereocenters. The van der Waals surface area contributed by atoms with Gasteiger partial charge in [-0.2, -0.15) is 0 Å². The summed E-state index contributed by atoms with van der Waals surface area (Å²) in [5, 5.41) is 5.68. The fraction of sp³-hybridized carbons (Fsp3) is 0.318. The molecular formula is C22H25N3O4. The molecule has 0 saturated carbocycles. The van der Waals surface area contributed by atoms with E-state index in [1.54, 1.807) is 6.08 Å². The van der Waals surface area contributed by atoms with E-state index in [0.29, 0.717) is 30.7 Å². The maximum atomic E-state index is 12.5. The molecule has 1 aliphatic heterocycles. The summed E-state index contributed by atoms with van der Waals surface area (Å²) >= 11 is 0. The number of carbonyl (C=O) groups excluding carboxylic acids is 3. The Kier molecular flexibility index (Phi) is 5.87. The van der Waals surface area contributed by atoms with E-state index < -0.39 is 0 Å². The van der Waals surface area contributed by atoms with Crippen molar-refractivity contribution in [2.24, 2.45) is 0 Å². The van der Waals surface area contributed by atoms with E-state index in [9.17, 15) is 14.4 Å². The van der Waals surface area contributed by atoms with Crippen LogP contribution in [-0.4, -0.2) is 35.9 Å². The number of hydrogen-bond donors (Lipinski definition) is 3. The molecule has 0 bridgehead atoms. The Morgan fingerprint density at radius 2 is 2.00 bits per heavy atom. The van der Waals surface area contributed by atoms with Gasteiger partial charge >= 0.3 is 5.97 Å². The smallest absolute Gasteiger partial charge is 0.302 e. The van der Waals surface area contributed by atoms with Crippen molar-refractivity contribution in [2.75, 3.05) is 18.5 Å². The minimum atomic E-state index is -0.316. The molecule has 29 heavy (non-hydrogen) atoms. The van der Waals surface area contributed by atoms with Gasteiger partial charge in [0.2, 0.25) is 0 Å². The molecular weight excluding hydrogens is 370 g/mol. The molecule has 1 aliphatic rings. The summed E-state index contributed by atoms with van der Waals surface area (Å²) in [5.74, 6) is -0.639. The van der Waals surface area contributed by atoms with Crippen molar-refractivity contribution in [1.82, 2.24) is 10.3 Å². The second-order valence-electron chi connectivity index (χ2n) is 7.01. The van der Waals surface area contributed by atoms with Gasteiger partial charge in [-0.05, 0) is 50.1 Å². The molecule has 0 radical (unpaired) electrons. The number of ether oxygens (including phenoxy) is 1. The van der Waals surface area contributed by atoms with Crippen LogP contribution in [0.25, 0.3) is 11.6 Å². The molecule has 3 N–H and O–H groups in total. The lowest BCUT2D eigenvalue weighted by atomic mass is 10.0. The number of aromatic nitrogens is 1. The van der Waals surface area contributed by atoms with E-state index in [0.717, 1.165) is 33.8 Å². The van der Waals surface area contributed by atoms with Crippen molar-refractivity contribution < 1.29 is 19.1 Å². The molecule has 0 unspecified atom stereocenters. The first-order chi connectivity index (χ1) is 13.8. The van der Waals surface area contributed by atoms with Crippen molar-refractivity contribution in [3.8, 4) is 0 Å². The van der Waals surface area contributed by atoms with E-state index in [-0.39, 0.29) is 17.8 Å². The van der Waals surface area contributed by atoms with Crippen molar-refractivity contribution in [3.63, 3.8) is 0 Å². The standard InChI is InChI=1S/C22H25N3O4/c1-5-23-22(28)20-12(2)19(24-13(20)3)11-17-16-10-15(8-9-29-14(4)26)6-7-18(16)25-21(17)27/h6-7,10-11,24H,5,8-9H2,1-4H3,(H,23,28)(H,25,27)/b17-11-. The average Bonchev–Trinajstić information content (AvgIpc) is 3.11.